The molecule has 1 heterocycles. The maximum absolute atomic E-state index is 13.6. The molecule has 1 aromatic heterocycles. The van der Waals surface area contributed by atoms with Crippen molar-refractivity contribution in [3.8, 4) is 0 Å². The van der Waals surface area contributed by atoms with Gasteiger partial charge in [-0.05, 0) is 48.2 Å². The highest BCUT2D eigenvalue weighted by Crippen LogP contribution is 2.23. The van der Waals surface area contributed by atoms with Crippen LogP contribution in [-0.2, 0) is 22.6 Å². The van der Waals surface area contributed by atoms with Crippen LogP contribution in [0.4, 0.5) is 4.39 Å². The minimum atomic E-state index is -0.240. The summed E-state index contributed by atoms with van der Waals surface area (Å²) in [6, 6.07) is 20.6. The molecular formula is C26H31FN2O2. The predicted octanol–water partition coefficient (Wildman–Crippen LogP) is 5.23. The Kier molecular flexibility index (Phi) is 8.42. The zero-order chi connectivity index (χ0) is 22.1. The van der Waals surface area contributed by atoms with E-state index in [1.807, 2.05) is 59.6 Å². The first-order chi connectivity index (χ1) is 15.1. The Morgan fingerprint density at radius 1 is 1.10 bits per heavy atom. The molecule has 2 aromatic carbocycles. The van der Waals surface area contributed by atoms with Crippen LogP contribution in [0.25, 0.3) is 0 Å². The summed E-state index contributed by atoms with van der Waals surface area (Å²) in [6.07, 6.45) is 3.50. The van der Waals surface area contributed by atoms with Gasteiger partial charge >= 0.3 is 0 Å². The lowest BCUT2D eigenvalue weighted by Crippen LogP contribution is -2.36. The number of hydrogen-bond acceptors (Lipinski definition) is 2. The van der Waals surface area contributed by atoms with E-state index in [0.717, 1.165) is 29.7 Å². The molecule has 4 nitrogen and oxygen atoms in total. The van der Waals surface area contributed by atoms with Crippen molar-refractivity contribution in [3.05, 3.63) is 95.6 Å². The minimum Gasteiger partial charge on any atom is -0.385 e. The summed E-state index contributed by atoms with van der Waals surface area (Å²) >= 11 is 0. The van der Waals surface area contributed by atoms with Crippen LogP contribution in [0.3, 0.4) is 0 Å². The van der Waals surface area contributed by atoms with E-state index in [1.165, 1.54) is 6.07 Å². The summed E-state index contributed by atoms with van der Waals surface area (Å²) < 4.78 is 20.9. The number of aromatic nitrogens is 1. The Morgan fingerprint density at radius 2 is 1.90 bits per heavy atom. The van der Waals surface area contributed by atoms with Gasteiger partial charge in [-0.2, -0.15) is 0 Å². The molecule has 0 aliphatic heterocycles. The maximum Gasteiger partial charge on any atom is 0.230 e. The molecule has 0 spiro atoms. The summed E-state index contributed by atoms with van der Waals surface area (Å²) in [7, 11) is 1.68. The van der Waals surface area contributed by atoms with Crippen LogP contribution in [0.15, 0.2) is 72.9 Å². The molecule has 1 amide bonds. The van der Waals surface area contributed by atoms with E-state index in [0.29, 0.717) is 26.2 Å². The predicted molar refractivity (Wildman–Crippen MR) is 121 cm³/mol. The summed E-state index contributed by atoms with van der Waals surface area (Å²) in [4.78, 5) is 15.5. The van der Waals surface area contributed by atoms with Gasteiger partial charge in [0.05, 0.1) is 12.5 Å². The number of carbonyl (C=O) groups excluding carboxylic acids is 1. The normalized spacial score (nSPS) is 12.0. The smallest absolute Gasteiger partial charge is 0.230 e. The number of methoxy groups -OCH3 is 1. The topological polar surface area (TPSA) is 34.5 Å². The van der Waals surface area contributed by atoms with Crippen LogP contribution < -0.4 is 0 Å². The second kappa shape index (κ2) is 11.5. The Morgan fingerprint density at radius 3 is 2.61 bits per heavy atom. The molecule has 31 heavy (non-hydrogen) atoms. The number of rotatable bonds is 11. The largest absolute Gasteiger partial charge is 0.385 e. The Balaban J connectivity index is 1.80. The van der Waals surface area contributed by atoms with Gasteiger partial charge in [0.2, 0.25) is 5.91 Å². The van der Waals surface area contributed by atoms with Gasteiger partial charge in [0, 0.05) is 38.7 Å². The van der Waals surface area contributed by atoms with E-state index in [9.17, 15) is 9.18 Å². The zero-order valence-electron chi connectivity index (χ0n) is 18.3. The molecule has 3 aromatic rings. The highest BCUT2D eigenvalue weighted by Gasteiger charge is 2.25. The minimum absolute atomic E-state index is 0.128. The van der Waals surface area contributed by atoms with E-state index in [-0.39, 0.29) is 17.6 Å². The molecule has 1 unspecified atom stereocenters. The lowest BCUT2D eigenvalue weighted by molar-refractivity contribution is -0.133. The molecular weight excluding hydrogens is 391 g/mol. The number of halogens is 1. The molecule has 0 radical (unpaired) electrons. The third-order valence-corrected chi connectivity index (χ3v) is 5.51. The van der Waals surface area contributed by atoms with Gasteiger partial charge in [-0.1, -0.05) is 49.4 Å². The quantitative estimate of drug-likeness (QED) is 0.396. The van der Waals surface area contributed by atoms with Crippen molar-refractivity contribution in [3.63, 3.8) is 0 Å². The first-order valence-corrected chi connectivity index (χ1v) is 10.8. The molecule has 164 valence electrons. The van der Waals surface area contributed by atoms with E-state index in [2.05, 4.69) is 11.5 Å². The average molecular weight is 423 g/mol. The van der Waals surface area contributed by atoms with Crippen molar-refractivity contribution >= 4 is 5.91 Å². The van der Waals surface area contributed by atoms with Crippen molar-refractivity contribution in [1.82, 2.24) is 9.47 Å². The molecule has 3 rings (SSSR count). The summed E-state index contributed by atoms with van der Waals surface area (Å²) in [5.41, 5.74) is 2.96. The summed E-state index contributed by atoms with van der Waals surface area (Å²) in [5, 5.41) is 0. The van der Waals surface area contributed by atoms with Crippen molar-refractivity contribution in [2.45, 2.75) is 38.8 Å². The van der Waals surface area contributed by atoms with Crippen LogP contribution in [-0.4, -0.2) is 35.6 Å². The van der Waals surface area contributed by atoms with Gasteiger partial charge in [-0.3, -0.25) is 4.79 Å². The first-order valence-electron chi connectivity index (χ1n) is 10.8. The number of ether oxygens (including phenoxy) is 1. The van der Waals surface area contributed by atoms with Gasteiger partial charge in [0.15, 0.2) is 0 Å². The van der Waals surface area contributed by atoms with Gasteiger partial charge in [-0.15, -0.1) is 0 Å². The van der Waals surface area contributed by atoms with Gasteiger partial charge in [-0.25, -0.2) is 4.39 Å². The maximum atomic E-state index is 13.6. The van der Waals surface area contributed by atoms with Crippen LogP contribution in [0.5, 0.6) is 0 Å². The molecule has 0 N–H and O–H groups in total. The standard InChI is InChI=1S/C26H31FN2O2/c1-3-25(22-11-5-4-6-12-22)26(30)29(16-9-17-31-2)20-24-14-8-15-28(24)19-21-10-7-13-23(27)18-21/h4-8,10-15,18,25H,3,9,16-17,19-20H2,1-2H3. The van der Waals surface area contributed by atoms with Crippen LogP contribution >= 0.6 is 0 Å². The van der Waals surface area contributed by atoms with E-state index < -0.39 is 0 Å². The number of carbonyl (C=O) groups is 1. The monoisotopic (exact) mass is 422 g/mol. The lowest BCUT2D eigenvalue weighted by atomic mass is 9.95. The molecule has 0 bridgehead atoms. The first kappa shape index (κ1) is 22.8. The molecule has 0 aliphatic carbocycles. The molecule has 0 fully saturated rings. The van der Waals surface area contributed by atoms with Gasteiger partial charge in [0.1, 0.15) is 5.82 Å². The number of amides is 1. The second-order valence-corrected chi connectivity index (χ2v) is 7.74. The fourth-order valence-corrected chi connectivity index (χ4v) is 3.90. The highest BCUT2D eigenvalue weighted by atomic mass is 19.1. The lowest BCUT2D eigenvalue weighted by Gasteiger charge is -2.28. The Labute approximate surface area is 184 Å². The zero-order valence-corrected chi connectivity index (χ0v) is 18.3. The summed E-state index contributed by atoms with van der Waals surface area (Å²) in [5.74, 6) is -0.282. The Hall–Kier alpha value is -2.92. The number of benzene rings is 2. The fourth-order valence-electron chi connectivity index (χ4n) is 3.90. The number of hydrogen-bond donors (Lipinski definition) is 0. The van der Waals surface area contributed by atoms with Crippen LogP contribution in [0.2, 0.25) is 0 Å². The molecule has 0 saturated heterocycles. The molecule has 5 heteroatoms. The summed E-state index contributed by atoms with van der Waals surface area (Å²) in [6.45, 7) is 4.36. The fraction of sp³-hybridized carbons (Fsp3) is 0.346. The van der Waals surface area contributed by atoms with Gasteiger partial charge in [0.25, 0.3) is 0 Å². The second-order valence-electron chi connectivity index (χ2n) is 7.74. The van der Waals surface area contributed by atoms with Crippen molar-refractivity contribution in [2.24, 2.45) is 0 Å². The molecule has 1 atom stereocenters. The number of nitrogens with zero attached hydrogens (tertiary/aromatic N) is 2. The SMILES string of the molecule is CCC(C(=O)N(CCCOC)Cc1cccn1Cc1cccc(F)c1)c1ccccc1. The highest BCUT2D eigenvalue weighted by molar-refractivity contribution is 5.83. The van der Waals surface area contributed by atoms with Crippen LogP contribution in [0.1, 0.15) is 42.5 Å². The third-order valence-electron chi connectivity index (χ3n) is 5.51. The molecule has 0 aliphatic rings. The van der Waals surface area contributed by atoms with Crippen molar-refractivity contribution in [1.29, 1.82) is 0 Å². The van der Waals surface area contributed by atoms with Gasteiger partial charge < -0.3 is 14.2 Å². The molecule has 0 saturated carbocycles. The Bertz CT molecular complexity index is 955. The van der Waals surface area contributed by atoms with Crippen molar-refractivity contribution in [2.75, 3.05) is 20.3 Å². The van der Waals surface area contributed by atoms with E-state index in [1.54, 1.807) is 19.2 Å². The van der Waals surface area contributed by atoms with E-state index in [4.69, 9.17) is 4.74 Å². The van der Waals surface area contributed by atoms with Crippen molar-refractivity contribution < 1.29 is 13.9 Å². The third kappa shape index (κ3) is 6.28. The van der Waals surface area contributed by atoms with E-state index >= 15 is 0 Å². The van der Waals surface area contributed by atoms with Crippen LogP contribution in [0, 0.1) is 5.82 Å². The average Bonchev–Trinajstić information content (AvgIpc) is 3.21.